The lowest BCUT2D eigenvalue weighted by Crippen LogP contribution is -1.81. The quantitative estimate of drug-likeness (QED) is 0.629. The summed E-state index contributed by atoms with van der Waals surface area (Å²) in [5, 5.41) is 0. The Kier molecular flexibility index (Phi) is 2.09. The molecule has 0 unspecified atom stereocenters. The molecule has 2 rings (SSSR count). The summed E-state index contributed by atoms with van der Waals surface area (Å²) in [4.78, 5) is 0. The van der Waals surface area contributed by atoms with Crippen LogP contribution >= 0.6 is 45.2 Å². The van der Waals surface area contributed by atoms with E-state index in [-0.39, 0.29) is 0 Å². The molecule has 2 aromatic heterocycles. The molecule has 0 spiro atoms. The molecular weight excluding hydrogens is 364 g/mol. The van der Waals surface area contributed by atoms with Crippen molar-refractivity contribution in [2.75, 3.05) is 0 Å². The van der Waals surface area contributed by atoms with Crippen molar-refractivity contribution >= 4 is 50.7 Å². The van der Waals surface area contributed by atoms with Crippen LogP contribution in [-0.2, 0) is 0 Å². The van der Waals surface area contributed by atoms with Gasteiger partial charge in [0.15, 0.2) is 0 Å². The molecule has 2 aromatic rings. The molecule has 0 atom stereocenters. The third-order valence-electron chi connectivity index (χ3n) is 1.52. The highest BCUT2D eigenvalue weighted by Gasteiger charge is 1.95. The number of hydrogen-bond donors (Lipinski definition) is 0. The lowest BCUT2D eigenvalue weighted by atomic mass is 10.4. The van der Waals surface area contributed by atoms with E-state index < -0.39 is 0 Å². The van der Waals surface area contributed by atoms with Gasteiger partial charge in [0.2, 0.25) is 0 Å². The summed E-state index contributed by atoms with van der Waals surface area (Å²) >= 11 is 4.64. The van der Waals surface area contributed by atoms with Gasteiger partial charge in [0.25, 0.3) is 0 Å². The summed E-state index contributed by atoms with van der Waals surface area (Å²) in [6.45, 7) is 0. The number of pyridine rings is 1. The van der Waals surface area contributed by atoms with Crippen LogP contribution in [0.5, 0.6) is 0 Å². The Bertz CT molecular complexity index is 392. The average Bonchev–Trinajstić information content (AvgIpc) is 2.27. The van der Waals surface area contributed by atoms with Crippen LogP contribution in [0.4, 0.5) is 0 Å². The third-order valence-corrected chi connectivity index (χ3v) is 2.75. The van der Waals surface area contributed by atoms with Crippen molar-refractivity contribution < 1.29 is 0 Å². The Hall–Kier alpha value is 0.220. The van der Waals surface area contributed by atoms with Crippen molar-refractivity contribution in [2.45, 2.75) is 0 Å². The summed E-state index contributed by atoms with van der Waals surface area (Å²) in [5.74, 6) is 0. The molecule has 0 radical (unpaired) electrons. The summed E-state index contributed by atoms with van der Waals surface area (Å²) in [7, 11) is 0. The molecule has 0 amide bonds. The maximum Gasteiger partial charge on any atom is 0.0461 e. The van der Waals surface area contributed by atoms with Gasteiger partial charge in [-0.25, -0.2) is 0 Å². The topological polar surface area (TPSA) is 4.41 Å². The van der Waals surface area contributed by atoms with Gasteiger partial charge in [-0.15, -0.1) is 0 Å². The van der Waals surface area contributed by atoms with E-state index in [9.17, 15) is 0 Å². The summed E-state index contributed by atoms with van der Waals surface area (Å²) < 4.78 is 4.69. The maximum absolute atomic E-state index is 2.32. The SMILES string of the molecule is Ic1ccc2cc(I)cn2c1. The molecule has 0 bridgehead atoms. The predicted molar refractivity (Wildman–Crippen MR) is 62.8 cm³/mol. The Morgan fingerprint density at radius 3 is 2.55 bits per heavy atom. The summed E-state index contributed by atoms with van der Waals surface area (Å²) in [5.41, 5.74) is 1.26. The van der Waals surface area contributed by atoms with Gasteiger partial charge in [-0.2, -0.15) is 0 Å². The van der Waals surface area contributed by atoms with E-state index in [1.165, 1.54) is 12.7 Å². The van der Waals surface area contributed by atoms with Crippen molar-refractivity contribution in [2.24, 2.45) is 0 Å². The van der Waals surface area contributed by atoms with E-state index in [0.29, 0.717) is 0 Å². The van der Waals surface area contributed by atoms with Crippen molar-refractivity contribution in [3.05, 3.63) is 37.7 Å². The Balaban J connectivity index is 2.82. The van der Waals surface area contributed by atoms with Crippen LogP contribution in [0.2, 0.25) is 0 Å². The van der Waals surface area contributed by atoms with Gasteiger partial charge in [-0.1, -0.05) is 0 Å². The Morgan fingerprint density at radius 2 is 1.73 bits per heavy atom. The first-order valence-electron chi connectivity index (χ1n) is 3.18. The van der Waals surface area contributed by atoms with Gasteiger partial charge in [0, 0.05) is 25.1 Å². The molecule has 3 heteroatoms. The Morgan fingerprint density at radius 1 is 1.00 bits per heavy atom. The zero-order valence-electron chi connectivity index (χ0n) is 5.59. The van der Waals surface area contributed by atoms with Crippen LogP contribution in [-0.4, -0.2) is 4.40 Å². The van der Waals surface area contributed by atoms with Crippen LogP contribution in [0.25, 0.3) is 5.52 Å². The fourth-order valence-electron chi connectivity index (χ4n) is 1.05. The molecular formula is C8H5I2N. The van der Waals surface area contributed by atoms with Crippen molar-refractivity contribution in [1.29, 1.82) is 0 Å². The number of hydrogen-bond acceptors (Lipinski definition) is 0. The largest absolute Gasteiger partial charge is 0.322 e. The first-order chi connectivity index (χ1) is 5.25. The normalized spacial score (nSPS) is 10.7. The van der Waals surface area contributed by atoms with Crippen LogP contribution < -0.4 is 0 Å². The molecule has 0 aliphatic heterocycles. The zero-order chi connectivity index (χ0) is 7.84. The van der Waals surface area contributed by atoms with E-state index in [0.717, 1.165) is 0 Å². The molecule has 0 N–H and O–H groups in total. The highest BCUT2D eigenvalue weighted by Crippen LogP contribution is 2.13. The minimum absolute atomic E-state index is 1.26. The summed E-state index contributed by atoms with van der Waals surface area (Å²) in [6, 6.07) is 6.41. The molecule has 0 saturated carbocycles. The molecule has 0 fully saturated rings. The molecule has 0 aliphatic rings. The van der Waals surface area contributed by atoms with Crippen LogP contribution in [0.1, 0.15) is 0 Å². The fraction of sp³-hybridized carbons (Fsp3) is 0. The number of nitrogens with zero attached hydrogens (tertiary/aromatic N) is 1. The predicted octanol–water partition coefficient (Wildman–Crippen LogP) is 3.15. The smallest absolute Gasteiger partial charge is 0.0461 e. The zero-order valence-corrected chi connectivity index (χ0v) is 9.90. The van der Waals surface area contributed by atoms with Gasteiger partial charge in [-0.05, 0) is 63.4 Å². The van der Waals surface area contributed by atoms with E-state index >= 15 is 0 Å². The molecule has 0 saturated heterocycles. The number of rotatable bonds is 0. The van der Waals surface area contributed by atoms with Crippen molar-refractivity contribution in [1.82, 2.24) is 4.40 Å². The number of fused-ring (bicyclic) bond motifs is 1. The second kappa shape index (κ2) is 2.93. The second-order valence-electron chi connectivity index (χ2n) is 2.34. The average molecular weight is 369 g/mol. The minimum Gasteiger partial charge on any atom is -0.322 e. The second-order valence-corrected chi connectivity index (χ2v) is 4.83. The van der Waals surface area contributed by atoms with Gasteiger partial charge >= 0.3 is 0 Å². The number of halogens is 2. The van der Waals surface area contributed by atoms with Crippen LogP contribution in [0, 0.1) is 7.14 Å². The van der Waals surface area contributed by atoms with E-state index in [2.05, 4.69) is 80.2 Å². The van der Waals surface area contributed by atoms with Crippen LogP contribution in [0.3, 0.4) is 0 Å². The highest BCUT2D eigenvalue weighted by molar-refractivity contribution is 14.1. The monoisotopic (exact) mass is 369 g/mol. The fourth-order valence-corrected chi connectivity index (χ4v) is 2.15. The molecule has 0 aliphatic carbocycles. The van der Waals surface area contributed by atoms with Crippen LogP contribution in [0.15, 0.2) is 30.6 Å². The lowest BCUT2D eigenvalue weighted by Gasteiger charge is -1.93. The number of aromatic nitrogens is 1. The highest BCUT2D eigenvalue weighted by atomic mass is 127. The summed E-state index contributed by atoms with van der Waals surface area (Å²) in [6.07, 6.45) is 4.25. The molecule has 56 valence electrons. The molecule has 1 nitrogen and oxygen atoms in total. The standard InChI is InChI=1S/C8H5I2N/c9-6-1-2-8-3-7(10)5-11(8)4-6/h1-5H. The Labute approximate surface area is 92.1 Å². The van der Waals surface area contributed by atoms with E-state index in [4.69, 9.17) is 0 Å². The van der Waals surface area contributed by atoms with Crippen molar-refractivity contribution in [3.8, 4) is 0 Å². The van der Waals surface area contributed by atoms with Gasteiger partial charge in [0.05, 0.1) is 0 Å². The van der Waals surface area contributed by atoms with Gasteiger partial charge in [0.1, 0.15) is 0 Å². The van der Waals surface area contributed by atoms with Gasteiger partial charge in [-0.3, -0.25) is 0 Å². The first-order valence-corrected chi connectivity index (χ1v) is 5.34. The van der Waals surface area contributed by atoms with Gasteiger partial charge < -0.3 is 4.40 Å². The van der Waals surface area contributed by atoms with E-state index in [1.807, 2.05) is 0 Å². The molecule has 0 aromatic carbocycles. The molecule has 2 heterocycles. The van der Waals surface area contributed by atoms with E-state index in [1.54, 1.807) is 0 Å². The minimum atomic E-state index is 1.26. The third kappa shape index (κ3) is 1.53. The maximum atomic E-state index is 2.32. The first kappa shape index (κ1) is 7.85. The molecule has 11 heavy (non-hydrogen) atoms. The lowest BCUT2D eigenvalue weighted by molar-refractivity contribution is 1.18. The van der Waals surface area contributed by atoms with Crippen molar-refractivity contribution in [3.63, 3.8) is 0 Å².